The van der Waals surface area contributed by atoms with Gasteiger partial charge in [-0.05, 0) is 18.9 Å². The Hall–Kier alpha value is -1.76. The van der Waals surface area contributed by atoms with Crippen molar-refractivity contribution < 1.29 is 13.9 Å². The van der Waals surface area contributed by atoms with Gasteiger partial charge in [0.1, 0.15) is 17.8 Å². The monoisotopic (exact) mass is 279 g/mol. The molecule has 0 spiro atoms. The Balaban J connectivity index is 1.58. The zero-order valence-corrected chi connectivity index (χ0v) is 11.2. The lowest BCUT2D eigenvalue weighted by atomic mass is 10.3. The molecule has 2 aromatic heterocycles. The van der Waals surface area contributed by atoms with Crippen molar-refractivity contribution in [1.82, 2.24) is 15.2 Å². The minimum absolute atomic E-state index is 0.395. The molecule has 0 aliphatic heterocycles. The molecule has 6 nitrogen and oxygen atoms in total. The SMILES string of the molecule is COC(=O)c1coc(CSc2n[nH]c(C3CC3)n2)c1. The van der Waals surface area contributed by atoms with Crippen molar-refractivity contribution in [3.05, 3.63) is 29.5 Å². The Morgan fingerprint density at radius 3 is 3.21 bits per heavy atom. The summed E-state index contributed by atoms with van der Waals surface area (Å²) >= 11 is 1.47. The molecule has 0 atom stereocenters. The minimum Gasteiger partial charge on any atom is -0.468 e. The molecule has 1 aliphatic rings. The number of carbonyl (C=O) groups excluding carboxylic acids is 1. The highest BCUT2D eigenvalue weighted by atomic mass is 32.2. The summed E-state index contributed by atoms with van der Waals surface area (Å²) in [5, 5.41) is 7.80. The van der Waals surface area contributed by atoms with E-state index in [0.29, 0.717) is 28.2 Å². The molecule has 0 radical (unpaired) electrons. The third-order valence-electron chi connectivity index (χ3n) is 2.86. The van der Waals surface area contributed by atoms with Crippen LogP contribution in [-0.2, 0) is 10.5 Å². The second kappa shape index (κ2) is 5.08. The zero-order valence-electron chi connectivity index (χ0n) is 10.4. The number of aromatic amines is 1. The van der Waals surface area contributed by atoms with Crippen LogP contribution in [0.1, 0.15) is 40.7 Å². The van der Waals surface area contributed by atoms with Crippen molar-refractivity contribution in [3.8, 4) is 0 Å². The number of nitrogens with zero attached hydrogens (tertiary/aromatic N) is 2. The highest BCUT2D eigenvalue weighted by Crippen LogP contribution is 2.38. The van der Waals surface area contributed by atoms with Crippen molar-refractivity contribution in [3.63, 3.8) is 0 Å². The normalized spacial score (nSPS) is 14.6. The molecule has 1 saturated carbocycles. The molecule has 3 rings (SSSR count). The van der Waals surface area contributed by atoms with E-state index in [0.717, 1.165) is 5.82 Å². The van der Waals surface area contributed by atoms with Gasteiger partial charge in [-0.15, -0.1) is 5.10 Å². The number of ether oxygens (including phenoxy) is 1. The van der Waals surface area contributed by atoms with Crippen molar-refractivity contribution >= 4 is 17.7 Å². The Labute approximate surface area is 113 Å². The van der Waals surface area contributed by atoms with E-state index < -0.39 is 5.97 Å². The summed E-state index contributed by atoms with van der Waals surface area (Å²) in [6.45, 7) is 0. The molecule has 1 N–H and O–H groups in total. The van der Waals surface area contributed by atoms with Crippen LogP contribution in [0.4, 0.5) is 0 Å². The Morgan fingerprint density at radius 1 is 1.63 bits per heavy atom. The third kappa shape index (κ3) is 2.81. The maximum Gasteiger partial charge on any atom is 0.341 e. The van der Waals surface area contributed by atoms with Gasteiger partial charge in [-0.25, -0.2) is 9.78 Å². The van der Waals surface area contributed by atoms with Gasteiger partial charge in [0.15, 0.2) is 0 Å². The number of hydrogen-bond acceptors (Lipinski definition) is 6. The standard InChI is InChI=1S/C12H13N3O3S/c1-17-11(16)8-4-9(18-5-8)6-19-12-13-10(14-15-12)7-2-3-7/h4-5,7H,2-3,6H2,1H3,(H,13,14,15). The first-order valence-corrected chi connectivity index (χ1v) is 6.95. The van der Waals surface area contributed by atoms with E-state index >= 15 is 0 Å². The van der Waals surface area contributed by atoms with Crippen molar-refractivity contribution in [2.75, 3.05) is 7.11 Å². The van der Waals surface area contributed by atoms with Gasteiger partial charge in [-0.3, -0.25) is 5.10 Å². The summed E-state index contributed by atoms with van der Waals surface area (Å²) < 4.78 is 9.90. The average molecular weight is 279 g/mol. The second-order valence-electron chi connectivity index (χ2n) is 4.36. The summed E-state index contributed by atoms with van der Waals surface area (Å²) in [7, 11) is 1.34. The van der Waals surface area contributed by atoms with Gasteiger partial charge in [-0.2, -0.15) is 0 Å². The number of rotatable bonds is 5. The number of thioether (sulfide) groups is 1. The Morgan fingerprint density at radius 2 is 2.47 bits per heavy atom. The summed E-state index contributed by atoms with van der Waals surface area (Å²) in [5.74, 6) is 2.42. The molecule has 7 heteroatoms. The fourth-order valence-corrected chi connectivity index (χ4v) is 2.37. The molecule has 0 aromatic carbocycles. The first-order chi connectivity index (χ1) is 9.26. The fraction of sp³-hybridized carbons (Fsp3) is 0.417. The molecule has 100 valence electrons. The predicted octanol–water partition coefficient (Wildman–Crippen LogP) is 2.35. The van der Waals surface area contributed by atoms with Crippen molar-refractivity contribution in [2.24, 2.45) is 0 Å². The Kier molecular flexibility index (Phi) is 3.29. The van der Waals surface area contributed by atoms with Crippen molar-refractivity contribution in [2.45, 2.75) is 29.7 Å². The maximum atomic E-state index is 11.3. The van der Waals surface area contributed by atoms with Crippen LogP contribution in [0, 0.1) is 0 Å². The van der Waals surface area contributed by atoms with Crippen LogP contribution < -0.4 is 0 Å². The largest absolute Gasteiger partial charge is 0.468 e. The lowest BCUT2D eigenvalue weighted by Crippen LogP contribution is -1.98. The smallest absolute Gasteiger partial charge is 0.341 e. The average Bonchev–Trinajstić information content (AvgIpc) is 3.00. The second-order valence-corrected chi connectivity index (χ2v) is 5.30. The number of methoxy groups -OCH3 is 1. The number of nitrogens with one attached hydrogen (secondary N) is 1. The van der Waals surface area contributed by atoms with Gasteiger partial charge >= 0.3 is 5.97 Å². The van der Waals surface area contributed by atoms with E-state index in [9.17, 15) is 4.79 Å². The van der Waals surface area contributed by atoms with E-state index in [1.54, 1.807) is 6.07 Å². The van der Waals surface area contributed by atoms with Gasteiger partial charge < -0.3 is 9.15 Å². The quantitative estimate of drug-likeness (QED) is 0.668. The van der Waals surface area contributed by atoms with Gasteiger partial charge in [0.2, 0.25) is 5.16 Å². The molecule has 19 heavy (non-hydrogen) atoms. The minimum atomic E-state index is -0.395. The molecule has 0 saturated heterocycles. The highest BCUT2D eigenvalue weighted by molar-refractivity contribution is 7.98. The maximum absolute atomic E-state index is 11.3. The molecular weight excluding hydrogens is 266 g/mol. The van der Waals surface area contributed by atoms with Gasteiger partial charge in [0.25, 0.3) is 0 Å². The summed E-state index contributed by atoms with van der Waals surface area (Å²) in [4.78, 5) is 15.7. The highest BCUT2D eigenvalue weighted by Gasteiger charge is 2.27. The van der Waals surface area contributed by atoms with E-state index in [1.807, 2.05) is 0 Å². The molecule has 1 aliphatic carbocycles. The van der Waals surface area contributed by atoms with Crippen LogP contribution >= 0.6 is 11.8 Å². The molecular formula is C12H13N3O3S. The molecule has 0 amide bonds. The predicted molar refractivity (Wildman–Crippen MR) is 68.0 cm³/mol. The third-order valence-corrected chi connectivity index (χ3v) is 3.73. The van der Waals surface area contributed by atoms with Crippen molar-refractivity contribution in [1.29, 1.82) is 0 Å². The van der Waals surface area contributed by atoms with E-state index in [1.165, 1.54) is 38.0 Å². The molecule has 2 heterocycles. The lowest BCUT2D eigenvalue weighted by Gasteiger charge is -1.92. The van der Waals surface area contributed by atoms with Crippen LogP contribution in [0.5, 0.6) is 0 Å². The topological polar surface area (TPSA) is 81.0 Å². The van der Waals surface area contributed by atoms with Crippen LogP contribution in [0.3, 0.4) is 0 Å². The van der Waals surface area contributed by atoms with Crippen LogP contribution in [-0.4, -0.2) is 28.3 Å². The lowest BCUT2D eigenvalue weighted by molar-refractivity contribution is 0.0600. The summed E-state index contributed by atoms with van der Waals surface area (Å²) in [5.41, 5.74) is 0.423. The summed E-state index contributed by atoms with van der Waals surface area (Å²) in [6, 6.07) is 1.67. The zero-order chi connectivity index (χ0) is 13.2. The van der Waals surface area contributed by atoms with E-state index in [2.05, 4.69) is 19.9 Å². The number of H-pyrrole nitrogens is 1. The molecule has 1 fully saturated rings. The number of hydrogen-bond donors (Lipinski definition) is 1. The Bertz CT molecular complexity index is 589. The fourth-order valence-electron chi connectivity index (χ4n) is 1.68. The number of furan rings is 1. The van der Waals surface area contributed by atoms with Gasteiger partial charge in [0, 0.05) is 5.92 Å². The molecule has 0 unspecified atom stereocenters. The van der Waals surface area contributed by atoms with Gasteiger partial charge in [-0.1, -0.05) is 11.8 Å². The number of aromatic nitrogens is 3. The molecule has 0 bridgehead atoms. The molecule has 2 aromatic rings. The first kappa shape index (κ1) is 12.3. The first-order valence-electron chi connectivity index (χ1n) is 5.97. The number of esters is 1. The van der Waals surface area contributed by atoms with Crippen LogP contribution in [0.2, 0.25) is 0 Å². The van der Waals surface area contributed by atoms with E-state index in [-0.39, 0.29) is 0 Å². The summed E-state index contributed by atoms with van der Waals surface area (Å²) in [6.07, 6.45) is 3.79. The van der Waals surface area contributed by atoms with E-state index in [4.69, 9.17) is 4.42 Å². The number of carbonyl (C=O) groups is 1. The van der Waals surface area contributed by atoms with Gasteiger partial charge in [0.05, 0.1) is 18.4 Å². The van der Waals surface area contributed by atoms with Crippen LogP contribution in [0.25, 0.3) is 0 Å². The van der Waals surface area contributed by atoms with Crippen LogP contribution in [0.15, 0.2) is 21.9 Å².